The Morgan fingerprint density at radius 1 is 1.23 bits per heavy atom. The maximum Gasteiger partial charge on any atom is 0.161 e. The SMILES string of the molecule is C=CCc1ccc(OCCN2C[C@H](C)C[C@H](C)C2)c(OC)c1. The largest absolute Gasteiger partial charge is 0.493 e. The lowest BCUT2D eigenvalue weighted by Gasteiger charge is -2.34. The van der Waals surface area contributed by atoms with Crippen LogP contribution >= 0.6 is 0 Å². The minimum absolute atomic E-state index is 0.705. The van der Waals surface area contributed by atoms with Crippen LogP contribution in [0, 0.1) is 11.8 Å². The Morgan fingerprint density at radius 2 is 1.95 bits per heavy atom. The first-order valence-corrected chi connectivity index (χ1v) is 8.25. The van der Waals surface area contributed by atoms with Gasteiger partial charge in [0.2, 0.25) is 0 Å². The minimum Gasteiger partial charge on any atom is -0.493 e. The summed E-state index contributed by atoms with van der Waals surface area (Å²) >= 11 is 0. The molecule has 0 aromatic heterocycles. The van der Waals surface area contributed by atoms with Crippen LogP contribution in [-0.4, -0.2) is 38.3 Å². The molecule has 3 nitrogen and oxygen atoms in total. The van der Waals surface area contributed by atoms with Gasteiger partial charge in [0.25, 0.3) is 0 Å². The van der Waals surface area contributed by atoms with Gasteiger partial charge in [-0.1, -0.05) is 26.0 Å². The van der Waals surface area contributed by atoms with E-state index in [0.29, 0.717) is 6.61 Å². The van der Waals surface area contributed by atoms with E-state index in [9.17, 15) is 0 Å². The first-order valence-electron chi connectivity index (χ1n) is 8.25. The van der Waals surface area contributed by atoms with Crippen LogP contribution in [0.3, 0.4) is 0 Å². The fourth-order valence-electron chi connectivity index (χ4n) is 3.38. The molecule has 1 aromatic carbocycles. The van der Waals surface area contributed by atoms with Crippen LogP contribution in [0.15, 0.2) is 30.9 Å². The standard InChI is InChI=1S/C19H29NO2/c1-5-6-17-7-8-18(19(12-17)21-4)22-10-9-20-13-15(2)11-16(3)14-20/h5,7-8,12,15-16H,1,6,9-11,13-14H2,2-4H3/t15-,16+. The maximum atomic E-state index is 5.94. The van der Waals surface area contributed by atoms with Crippen molar-refractivity contribution in [2.45, 2.75) is 26.7 Å². The monoisotopic (exact) mass is 303 g/mol. The average Bonchev–Trinajstić information content (AvgIpc) is 2.48. The zero-order valence-electron chi connectivity index (χ0n) is 14.2. The number of piperidine rings is 1. The van der Waals surface area contributed by atoms with E-state index < -0.39 is 0 Å². The minimum atomic E-state index is 0.705. The first-order chi connectivity index (χ1) is 10.6. The fourth-order valence-corrected chi connectivity index (χ4v) is 3.38. The van der Waals surface area contributed by atoms with Crippen LogP contribution in [-0.2, 0) is 6.42 Å². The molecule has 2 rings (SSSR count). The Balaban J connectivity index is 1.87. The highest BCUT2D eigenvalue weighted by atomic mass is 16.5. The number of likely N-dealkylation sites (tertiary alicyclic amines) is 1. The summed E-state index contributed by atoms with van der Waals surface area (Å²) in [6, 6.07) is 6.10. The molecule has 0 amide bonds. The summed E-state index contributed by atoms with van der Waals surface area (Å²) < 4.78 is 11.4. The summed E-state index contributed by atoms with van der Waals surface area (Å²) in [6.07, 6.45) is 4.09. The molecular weight excluding hydrogens is 274 g/mol. The third kappa shape index (κ3) is 4.77. The van der Waals surface area contributed by atoms with Crippen LogP contribution < -0.4 is 9.47 Å². The zero-order chi connectivity index (χ0) is 15.9. The van der Waals surface area contributed by atoms with Gasteiger partial charge in [0.05, 0.1) is 7.11 Å². The van der Waals surface area contributed by atoms with Gasteiger partial charge in [0.1, 0.15) is 6.61 Å². The van der Waals surface area contributed by atoms with Gasteiger partial charge < -0.3 is 9.47 Å². The van der Waals surface area contributed by atoms with Gasteiger partial charge in [0.15, 0.2) is 11.5 Å². The quantitative estimate of drug-likeness (QED) is 0.716. The molecule has 0 spiro atoms. The van der Waals surface area contributed by atoms with Crippen LogP contribution in [0.5, 0.6) is 11.5 Å². The molecule has 1 aliphatic rings. The van der Waals surface area contributed by atoms with Crippen molar-refractivity contribution in [3.63, 3.8) is 0 Å². The molecular formula is C19H29NO2. The lowest BCUT2D eigenvalue weighted by atomic mass is 9.92. The summed E-state index contributed by atoms with van der Waals surface area (Å²) in [5.41, 5.74) is 1.19. The van der Waals surface area contributed by atoms with E-state index >= 15 is 0 Å². The first kappa shape index (κ1) is 16.9. The summed E-state index contributed by atoms with van der Waals surface area (Å²) in [7, 11) is 1.69. The van der Waals surface area contributed by atoms with E-state index in [1.54, 1.807) is 7.11 Å². The Kier molecular flexibility index (Phi) is 6.32. The molecule has 3 heteroatoms. The Labute approximate surface area is 134 Å². The Morgan fingerprint density at radius 3 is 2.59 bits per heavy atom. The lowest BCUT2D eigenvalue weighted by Crippen LogP contribution is -2.40. The van der Waals surface area contributed by atoms with Gasteiger partial charge in [-0.3, -0.25) is 4.90 Å². The highest BCUT2D eigenvalue weighted by molar-refractivity contribution is 5.43. The number of rotatable bonds is 7. The molecule has 0 saturated carbocycles. The number of allylic oxidation sites excluding steroid dienone is 1. The topological polar surface area (TPSA) is 21.7 Å². The van der Waals surface area contributed by atoms with Crippen LogP contribution in [0.2, 0.25) is 0 Å². The van der Waals surface area contributed by atoms with Crippen molar-refractivity contribution in [1.82, 2.24) is 4.90 Å². The van der Waals surface area contributed by atoms with Crippen molar-refractivity contribution in [3.05, 3.63) is 36.4 Å². The summed E-state index contributed by atoms with van der Waals surface area (Å²) in [6.45, 7) is 12.5. The lowest BCUT2D eigenvalue weighted by molar-refractivity contribution is 0.120. The number of ether oxygens (including phenoxy) is 2. The number of hydrogen-bond donors (Lipinski definition) is 0. The molecule has 0 bridgehead atoms. The molecule has 0 unspecified atom stereocenters. The van der Waals surface area contributed by atoms with Crippen molar-refractivity contribution in [2.24, 2.45) is 11.8 Å². The maximum absolute atomic E-state index is 5.94. The third-order valence-electron chi connectivity index (χ3n) is 4.22. The van der Waals surface area contributed by atoms with Gasteiger partial charge in [0, 0.05) is 19.6 Å². The van der Waals surface area contributed by atoms with Crippen molar-refractivity contribution >= 4 is 0 Å². The van der Waals surface area contributed by atoms with E-state index in [-0.39, 0.29) is 0 Å². The van der Waals surface area contributed by atoms with E-state index in [2.05, 4.69) is 31.4 Å². The smallest absolute Gasteiger partial charge is 0.161 e. The van der Waals surface area contributed by atoms with Crippen molar-refractivity contribution < 1.29 is 9.47 Å². The van der Waals surface area contributed by atoms with E-state index in [1.807, 2.05) is 18.2 Å². The molecule has 1 aromatic rings. The molecule has 1 fully saturated rings. The van der Waals surface area contributed by atoms with Gasteiger partial charge in [-0.2, -0.15) is 0 Å². The Bertz CT molecular complexity index is 476. The van der Waals surface area contributed by atoms with Crippen molar-refractivity contribution in [3.8, 4) is 11.5 Å². The summed E-state index contributed by atoms with van der Waals surface area (Å²) in [5, 5.41) is 0. The van der Waals surface area contributed by atoms with Crippen molar-refractivity contribution in [2.75, 3.05) is 33.4 Å². The molecule has 0 N–H and O–H groups in total. The highest BCUT2D eigenvalue weighted by Gasteiger charge is 2.21. The number of benzene rings is 1. The second-order valence-electron chi connectivity index (χ2n) is 6.53. The van der Waals surface area contributed by atoms with E-state index in [4.69, 9.17) is 9.47 Å². The number of hydrogen-bond acceptors (Lipinski definition) is 3. The van der Waals surface area contributed by atoms with Gasteiger partial charge in [-0.15, -0.1) is 6.58 Å². The van der Waals surface area contributed by atoms with Crippen LogP contribution in [0.1, 0.15) is 25.8 Å². The molecule has 2 atom stereocenters. The predicted octanol–water partition coefficient (Wildman–Crippen LogP) is 3.78. The predicted molar refractivity (Wildman–Crippen MR) is 91.8 cm³/mol. The molecule has 1 heterocycles. The van der Waals surface area contributed by atoms with E-state index in [0.717, 1.165) is 36.3 Å². The second kappa shape index (κ2) is 8.23. The van der Waals surface area contributed by atoms with E-state index in [1.165, 1.54) is 25.1 Å². The number of methoxy groups -OCH3 is 1. The summed E-state index contributed by atoms with van der Waals surface area (Å²) in [5.74, 6) is 3.21. The van der Waals surface area contributed by atoms with Crippen molar-refractivity contribution in [1.29, 1.82) is 0 Å². The van der Waals surface area contributed by atoms with Crippen LogP contribution in [0.4, 0.5) is 0 Å². The second-order valence-corrected chi connectivity index (χ2v) is 6.53. The van der Waals surface area contributed by atoms with Crippen LogP contribution in [0.25, 0.3) is 0 Å². The fraction of sp³-hybridized carbons (Fsp3) is 0.579. The average molecular weight is 303 g/mol. The summed E-state index contributed by atoms with van der Waals surface area (Å²) in [4.78, 5) is 2.51. The molecule has 1 aliphatic heterocycles. The highest BCUT2D eigenvalue weighted by Crippen LogP contribution is 2.28. The molecule has 0 radical (unpaired) electrons. The van der Waals surface area contributed by atoms with Gasteiger partial charge in [-0.25, -0.2) is 0 Å². The molecule has 0 aliphatic carbocycles. The number of nitrogens with zero attached hydrogens (tertiary/aromatic N) is 1. The third-order valence-corrected chi connectivity index (χ3v) is 4.22. The molecule has 122 valence electrons. The molecule has 1 saturated heterocycles. The molecule has 22 heavy (non-hydrogen) atoms. The normalized spacial score (nSPS) is 22.3. The van der Waals surface area contributed by atoms with Gasteiger partial charge >= 0.3 is 0 Å². The van der Waals surface area contributed by atoms with Gasteiger partial charge in [-0.05, 0) is 42.4 Å². The Hall–Kier alpha value is -1.48. The zero-order valence-corrected chi connectivity index (χ0v) is 14.2.